The van der Waals surface area contributed by atoms with E-state index in [-0.39, 0.29) is 12.2 Å². The highest BCUT2D eigenvalue weighted by Crippen LogP contribution is 2.28. The Hall–Kier alpha value is -0.420. The zero-order valence-electron chi connectivity index (χ0n) is 11.6. The minimum Gasteiger partial charge on any atom is -0.377 e. The summed E-state index contributed by atoms with van der Waals surface area (Å²) in [7, 11) is 1.76. The number of hydrogen-bond donors (Lipinski definition) is 1. The summed E-state index contributed by atoms with van der Waals surface area (Å²) in [6, 6.07) is 8.69. The molecule has 1 aliphatic rings. The van der Waals surface area contributed by atoms with Crippen LogP contribution in [0.15, 0.2) is 28.7 Å². The zero-order chi connectivity index (χ0) is 13.7. The Balaban J connectivity index is 1.76. The molecule has 19 heavy (non-hydrogen) atoms. The molecule has 1 saturated carbocycles. The topological polar surface area (TPSA) is 30.5 Å². The molecule has 0 saturated heterocycles. The van der Waals surface area contributed by atoms with Gasteiger partial charge in [0.2, 0.25) is 0 Å². The first-order valence-corrected chi connectivity index (χ1v) is 7.66. The Morgan fingerprint density at radius 1 is 1.32 bits per heavy atom. The number of rotatable bonds is 7. The fourth-order valence-electron chi connectivity index (χ4n) is 2.37. The van der Waals surface area contributed by atoms with E-state index in [4.69, 9.17) is 9.47 Å². The van der Waals surface area contributed by atoms with E-state index in [9.17, 15) is 0 Å². The van der Waals surface area contributed by atoms with E-state index < -0.39 is 0 Å². The molecule has 3 unspecified atom stereocenters. The molecule has 1 aliphatic carbocycles. The molecule has 106 valence electrons. The van der Waals surface area contributed by atoms with Crippen LogP contribution in [0, 0.1) is 0 Å². The van der Waals surface area contributed by atoms with Crippen molar-refractivity contribution in [2.24, 2.45) is 0 Å². The molecule has 0 bridgehead atoms. The fourth-order valence-corrected chi connectivity index (χ4v) is 2.64. The van der Waals surface area contributed by atoms with E-state index in [1.807, 2.05) is 12.1 Å². The van der Waals surface area contributed by atoms with Crippen LogP contribution < -0.4 is 5.32 Å². The number of halogens is 1. The van der Waals surface area contributed by atoms with Gasteiger partial charge in [-0.15, -0.1) is 0 Å². The number of nitrogens with one attached hydrogen (secondary N) is 1. The van der Waals surface area contributed by atoms with Crippen LogP contribution in [-0.4, -0.2) is 31.9 Å². The summed E-state index contributed by atoms with van der Waals surface area (Å²) in [5.41, 5.74) is 1.20. The second-order valence-electron chi connectivity index (χ2n) is 4.97. The number of benzene rings is 1. The molecule has 2 rings (SSSR count). The smallest absolute Gasteiger partial charge is 0.0987 e. The standard InChI is InChI=1S/C15H22BrNO2/c1-3-8-17-13-9-14(15(13)18-2)19-10-11-4-6-12(16)7-5-11/h4-7,13-15,17H,3,8-10H2,1-2H3. The predicted octanol–water partition coefficient (Wildman–Crippen LogP) is 3.12. The molecular formula is C15H22BrNO2. The van der Waals surface area contributed by atoms with Crippen molar-refractivity contribution in [3.05, 3.63) is 34.3 Å². The minimum absolute atomic E-state index is 0.182. The number of methoxy groups -OCH3 is 1. The van der Waals surface area contributed by atoms with Gasteiger partial charge in [0.1, 0.15) is 0 Å². The molecule has 0 radical (unpaired) electrons. The molecule has 3 atom stereocenters. The lowest BCUT2D eigenvalue weighted by Crippen LogP contribution is -2.59. The van der Waals surface area contributed by atoms with Crippen LogP contribution in [0.1, 0.15) is 25.3 Å². The van der Waals surface area contributed by atoms with Crippen LogP contribution in [0.25, 0.3) is 0 Å². The Morgan fingerprint density at radius 2 is 2.05 bits per heavy atom. The average molecular weight is 328 g/mol. The highest BCUT2D eigenvalue weighted by molar-refractivity contribution is 9.10. The fraction of sp³-hybridized carbons (Fsp3) is 0.600. The first-order chi connectivity index (χ1) is 9.24. The maximum Gasteiger partial charge on any atom is 0.0987 e. The second kappa shape index (κ2) is 7.39. The molecule has 0 aliphatic heterocycles. The molecule has 0 aromatic heterocycles. The first kappa shape index (κ1) is 15.0. The maximum absolute atomic E-state index is 5.94. The second-order valence-corrected chi connectivity index (χ2v) is 5.89. The van der Waals surface area contributed by atoms with Gasteiger partial charge in [0.05, 0.1) is 18.8 Å². The summed E-state index contributed by atoms with van der Waals surface area (Å²) in [5, 5.41) is 3.49. The van der Waals surface area contributed by atoms with Gasteiger partial charge in [0.15, 0.2) is 0 Å². The van der Waals surface area contributed by atoms with E-state index in [0.29, 0.717) is 12.6 Å². The summed E-state index contributed by atoms with van der Waals surface area (Å²) in [6.07, 6.45) is 2.58. The Kier molecular flexibility index (Phi) is 5.82. The van der Waals surface area contributed by atoms with Gasteiger partial charge in [-0.05, 0) is 37.1 Å². The van der Waals surface area contributed by atoms with Crippen molar-refractivity contribution in [1.82, 2.24) is 5.32 Å². The normalized spacial score (nSPS) is 26.2. The van der Waals surface area contributed by atoms with Crippen LogP contribution in [0.3, 0.4) is 0 Å². The SMILES string of the molecule is CCCNC1CC(OCc2ccc(Br)cc2)C1OC. The van der Waals surface area contributed by atoms with Crippen LogP contribution in [0.2, 0.25) is 0 Å². The van der Waals surface area contributed by atoms with E-state index in [1.165, 1.54) is 5.56 Å². The molecule has 1 aromatic rings. The molecule has 0 amide bonds. The lowest BCUT2D eigenvalue weighted by atomic mass is 9.85. The van der Waals surface area contributed by atoms with Crippen molar-refractivity contribution in [3.8, 4) is 0 Å². The largest absolute Gasteiger partial charge is 0.377 e. The third-order valence-corrected chi connectivity index (χ3v) is 4.08. The average Bonchev–Trinajstić information content (AvgIpc) is 2.39. The molecule has 0 spiro atoms. The van der Waals surface area contributed by atoms with Crippen LogP contribution >= 0.6 is 15.9 Å². The predicted molar refractivity (Wildman–Crippen MR) is 80.2 cm³/mol. The summed E-state index contributed by atoms with van der Waals surface area (Å²) in [4.78, 5) is 0. The number of hydrogen-bond acceptors (Lipinski definition) is 3. The van der Waals surface area contributed by atoms with E-state index >= 15 is 0 Å². The summed E-state index contributed by atoms with van der Waals surface area (Å²) in [5.74, 6) is 0. The molecule has 4 heteroatoms. The van der Waals surface area contributed by atoms with Crippen molar-refractivity contribution < 1.29 is 9.47 Å². The molecule has 3 nitrogen and oxygen atoms in total. The first-order valence-electron chi connectivity index (χ1n) is 6.86. The van der Waals surface area contributed by atoms with E-state index in [0.717, 1.165) is 23.9 Å². The Labute approximate surface area is 123 Å². The third-order valence-electron chi connectivity index (χ3n) is 3.56. The summed E-state index contributed by atoms with van der Waals surface area (Å²) >= 11 is 3.43. The quantitative estimate of drug-likeness (QED) is 0.834. The summed E-state index contributed by atoms with van der Waals surface area (Å²) < 4.78 is 12.6. The van der Waals surface area contributed by atoms with Crippen LogP contribution in [-0.2, 0) is 16.1 Å². The molecular weight excluding hydrogens is 306 g/mol. The Bertz CT molecular complexity index is 382. The van der Waals surface area contributed by atoms with Crippen LogP contribution in [0.4, 0.5) is 0 Å². The Morgan fingerprint density at radius 3 is 2.68 bits per heavy atom. The van der Waals surface area contributed by atoms with Gasteiger partial charge in [-0.2, -0.15) is 0 Å². The lowest BCUT2D eigenvalue weighted by molar-refractivity contribution is -0.139. The number of ether oxygens (including phenoxy) is 2. The van der Waals surface area contributed by atoms with Gasteiger partial charge in [-0.3, -0.25) is 0 Å². The van der Waals surface area contributed by atoms with E-state index in [1.54, 1.807) is 7.11 Å². The highest BCUT2D eigenvalue weighted by atomic mass is 79.9. The van der Waals surface area contributed by atoms with E-state index in [2.05, 4.69) is 40.3 Å². The van der Waals surface area contributed by atoms with Crippen LogP contribution in [0.5, 0.6) is 0 Å². The third kappa shape index (κ3) is 4.02. The van der Waals surface area contributed by atoms with Crippen molar-refractivity contribution >= 4 is 15.9 Å². The monoisotopic (exact) mass is 327 g/mol. The molecule has 1 N–H and O–H groups in total. The minimum atomic E-state index is 0.182. The molecule has 0 heterocycles. The maximum atomic E-state index is 5.94. The van der Waals surface area contributed by atoms with Gasteiger partial charge in [-0.25, -0.2) is 0 Å². The summed E-state index contributed by atoms with van der Waals surface area (Å²) in [6.45, 7) is 3.87. The van der Waals surface area contributed by atoms with Gasteiger partial charge in [0, 0.05) is 17.6 Å². The highest BCUT2D eigenvalue weighted by Gasteiger charge is 2.41. The van der Waals surface area contributed by atoms with Gasteiger partial charge in [0.25, 0.3) is 0 Å². The van der Waals surface area contributed by atoms with Crippen molar-refractivity contribution in [1.29, 1.82) is 0 Å². The molecule has 1 aromatic carbocycles. The van der Waals surface area contributed by atoms with Crippen molar-refractivity contribution in [2.75, 3.05) is 13.7 Å². The molecule has 1 fully saturated rings. The van der Waals surface area contributed by atoms with Gasteiger partial charge < -0.3 is 14.8 Å². The van der Waals surface area contributed by atoms with Crippen molar-refractivity contribution in [2.45, 2.75) is 44.6 Å². The van der Waals surface area contributed by atoms with Gasteiger partial charge in [-0.1, -0.05) is 35.0 Å². The lowest BCUT2D eigenvalue weighted by Gasteiger charge is -2.43. The van der Waals surface area contributed by atoms with Gasteiger partial charge >= 0.3 is 0 Å². The zero-order valence-corrected chi connectivity index (χ0v) is 13.2. The van der Waals surface area contributed by atoms with Crippen molar-refractivity contribution in [3.63, 3.8) is 0 Å².